The molecule has 0 saturated carbocycles. The first-order valence-corrected chi connectivity index (χ1v) is 6.63. The number of rotatable bonds is 6. The van der Waals surface area contributed by atoms with Gasteiger partial charge in [0.05, 0.1) is 0 Å². The van der Waals surface area contributed by atoms with E-state index in [2.05, 4.69) is 13.8 Å². The van der Waals surface area contributed by atoms with Crippen molar-refractivity contribution in [3.8, 4) is 0 Å². The standard InChI is InChI=1S/C13H26N2O/c1-11(2)12(7-8-14)5-6-13(16)15-9-3-4-10-15/h11-12H,3-10,14H2,1-2H3. The molecule has 1 amide bonds. The van der Waals surface area contributed by atoms with Crippen LogP contribution in [-0.2, 0) is 4.79 Å². The molecule has 0 aliphatic carbocycles. The molecule has 3 nitrogen and oxygen atoms in total. The number of carbonyl (C=O) groups is 1. The molecular weight excluding hydrogens is 200 g/mol. The average Bonchev–Trinajstić information content (AvgIpc) is 2.76. The lowest BCUT2D eigenvalue weighted by atomic mass is 9.88. The number of nitrogens with two attached hydrogens (primary N) is 1. The van der Waals surface area contributed by atoms with Crippen molar-refractivity contribution in [1.29, 1.82) is 0 Å². The highest BCUT2D eigenvalue weighted by atomic mass is 16.2. The molecule has 0 aromatic carbocycles. The largest absolute Gasteiger partial charge is 0.343 e. The van der Waals surface area contributed by atoms with Crippen molar-refractivity contribution in [2.24, 2.45) is 17.6 Å². The number of nitrogens with zero attached hydrogens (tertiary/aromatic N) is 1. The molecule has 0 radical (unpaired) electrons. The van der Waals surface area contributed by atoms with Gasteiger partial charge in [-0.15, -0.1) is 0 Å². The lowest BCUT2D eigenvalue weighted by molar-refractivity contribution is -0.130. The van der Waals surface area contributed by atoms with E-state index in [4.69, 9.17) is 5.73 Å². The summed E-state index contributed by atoms with van der Waals surface area (Å²) in [6.45, 7) is 7.13. The highest BCUT2D eigenvalue weighted by Crippen LogP contribution is 2.21. The number of amides is 1. The van der Waals surface area contributed by atoms with Gasteiger partial charge in [-0.2, -0.15) is 0 Å². The number of hydrogen-bond acceptors (Lipinski definition) is 2. The third kappa shape index (κ3) is 4.12. The van der Waals surface area contributed by atoms with Crippen molar-refractivity contribution in [1.82, 2.24) is 4.90 Å². The monoisotopic (exact) mass is 226 g/mol. The fraction of sp³-hybridized carbons (Fsp3) is 0.923. The van der Waals surface area contributed by atoms with Crippen LogP contribution in [0.3, 0.4) is 0 Å². The van der Waals surface area contributed by atoms with Gasteiger partial charge in [-0.25, -0.2) is 0 Å². The van der Waals surface area contributed by atoms with Crippen molar-refractivity contribution in [2.75, 3.05) is 19.6 Å². The third-order valence-corrected chi connectivity index (χ3v) is 3.67. The van der Waals surface area contributed by atoms with E-state index in [0.717, 1.165) is 32.5 Å². The maximum Gasteiger partial charge on any atom is 0.222 e. The Morgan fingerprint density at radius 3 is 2.38 bits per heavy atom. The second-order valence-electron chi connectivity index (χ2n) is 5.21. The predicted octanol–water partition coefficient (Wildman–Crippen LogP) is 2.01. The summed E-state index contributed by atoms with van der Waals surface area (Å²) in [6, 6.07) is 0. The molecule has 1 atom stereocenters. The van der Waals surface area contributed by atoms with Crippen molar-refractivity contribution in [3.05, 3.63) is 0 Å². The van der Waals surface area contributed by atoms with Crippen LogP contribution in [-0.4, -0.2) is 30.4 Å². The number of likely N-dealkylation sites (tertiary alicyclic amines) is 1. The number of hydrogen-bond donors (Lipinski definition) is 1. The Bertz CT molecular complexity index is 210. The van der Waals surface area contributed by atoms with Gasteiger partial charge in [0, 0.05) is 19.5 Å². The van der Waals surface area contributed by atoms with Crippen LogP contribution in [0.5, 0.6) is 0 Å². The Morgan fingerprint density at radius 1 is 1.25 bits per heavy atom. The van der Waals surface area contributed by atoms with Gasteiger partial charge in [0.1, 0.15) is 0 Å². The van der Waals surface area contributed by atoms with Crippen LogP contribution in [0.15, 0.2) is 0 Å². The Hall–Kier alpha value is -0.570. The minimum Gasteiger partial charge on any atom is -0.343 e. The molecule has 0 spiro atoms. The van der Waals surface area contributed by atoms with E-state index in [9.17, 15) is 4.79 Å². The summed E-state index contributed by atoms with van der Waals surface area (Å²) >= 11 is 0. The fourth-order valence-corrected chi connectivity index (χ4v) is 2.46. The van der Waals surface area contributed by atoms with Gasteiger partial charge in [-0.3, -0.25) is 4.79 Å². The maximum atomic E-state index is 11.9. The van der Waals surface area contributed by atoms with Crippen molar-refractivity contribution >= 4 is 5.91 Å². The van der Waals surface area contributed by atoms with Crippen LogP contribution in [0.25, 0.3) is 0 Å². The van der Waals surface area contributed by atoms with Crippen LogP contribution in [0.2, 0.25) is 0 Å². The van der Waals surface area contributed by atoms with Crippen molar-refractivity contribution in [2.45, 2.75) is 46.0 Å². The van der Waals surface area contributed by atoms with E-state index in [1.165, 1.54) is 12.8 Å². The van der Waals surface area contributed by atoms with Gasteiger partial charge in [0.25, 0.3) is 0 Å². The molecular formula is C13H26N2O. The molecule has 1 aliphatic rings. The van der Waals surface area contributed by atoms with E-state index >= 15 is 0 Å². The highest BCUT2D eigenvalue weighted by Gasteiger charge is 2.20. The summed E-state index contributed by atoms with van der Waals surface area (Å²) in [6.07, 6.45) is 5.13. The molecule has 1 rings (SSSR count). The Kier molecular flexibility index (Phi) is 5.81. The molecule has 1 unspecified atom stereocenters. The quantitative estimate of drug-likeness (QED) is 0.753. The van der Waals surface area contributed by atoms with Gasteiger partial charge in [-0.05, 0) is 44.1 Å². The minimum atomic E-state index is 0.347. The summed E-state index contributed by atoms with van der Waals surface area (Å²) in [5.74, 6) is 1.59. The molecule has 0 bridgehead atoms. The minimum absolute atomic E-state index is 0.347. The molecule has 3 heteroatoms. The van der Waals surface area contributed by atoms with Gasteiger partial charge < -0.3 is 10.6 Å². The van der Waals surface area contributed by atoms with E-state index in [1.807, 2.05) is 4.90 Å². The SMILES string of the molecule is CC(C)C(CCN)CCC(=O)N1CCCC1. The van der Waals surface area contributed by atoms with E-state index in [1.54, 1.807) is 0 Å². The van der Waals surface area contributed by atoms with Gasteiger partial charge in [0.2, 0.25) is 5.91 Å². The first-order chi connectivity index (χ1) is 7.65. The summed E-state index contributed by atoms with van der Waals surface area (Å²) in [4.78, 5) is 13.9. The smallest absolute Gasteiger partial charge is 0.222 e. The van der Waals surface area contributed by atoms with Crippen molar-refractivity contribution in [3.63, 3.8) is 0 Å². The van der Waals surface area contributed by atoms with Gasteiger partial charge >= 0.3 is 0 Å². The topological polar surface area (TPSA) is 46.3 Å². The highest BCUT2D eigenvalue weighted by molar-refractivity contribution is 5.76. The molecule has 0 aromatic heterocycles. The van der Waals surface area contributed by atoms with E-state index in [-0.39, 0.29) is 0 Å². The molecule has 0 aromatic rings. The lowest BCUT2D eigenvalue weighted by Crippen LogP contribution is -2.28. The van der Waals surface area contributed by atoms with Crippen molar-refractivity contribution < 1.29 is 4.79 Å². The van der Waals surface area contributed by atoms with Crippen LogP contribution in [0.4, 0.5) is 0 Å². The second-order valence-corrected chi connectivity index (χ2v) is 5.21. The van der Waals surface area contributed by atoms with E-state index in [0.29, 0.717) is 24.2 Å². The summed E-state index contributed by atoms with van der Waals surface area (Å²) < 4.78 is 0. The Balaban J connectivity index is 2.27. The molecule has 1 heterocycles. The summed E-state index contributed by atoms with van der Waals surface area (Å²) in [5.41, 5.74) is 5.60. The first kappa shape index (κ1) is 13.5. The maximum absolute atomic E-state index is 11.9. The Morgan fingerprint density at radius 2 is 1.88 bits per heavy atom. The zero-order valence-corrected chi connectivity index (χ0v) is 10.7. The Labute approximate surface area is 99.4 Å². The summed E-state index contributed by atoms with van der Waals surface area (Å²) in [5, 5.41) is 0. The van der Waals surface area contributed by atoms with Gasteiger partial charge in [-0.1, -0.05) is 13.8 Å². The lowest BCUT2D eigenvalue weighted by Gasteiger charge is -2.21. The molecule has 1 aliphatic heterocycles. The predicted molar refractivity (Wildman–Crippen MR) is 67.0 cm³/mol. The third-order valence-electron chi connectivity index (χ3n) is 3.67. The van der Waals surface area contributed by atoms with Crippen LogP contribution in [0.1, 0.15) is 46.0 Å². The van der Waals surface area contributed by atoms with Crippen LogP contribution >= 0.6 is 0 Å². The first-order valence-electron chi connectivity index (χ1n) is 6.63. The van der Waals surface area contributed by atoms with Gasteiger partial charge in [0.15, 0.2) is 0 Å². The fourth-order valence-electron chi connectivity index (χ4n) is 2.46. The zero-order chi connectivity index (χ0) is 12.0. The normalized spacial score (nSPS) is 18.1. The van der Waals surface area contributed by atoms with E-state index < -0.39 is 0 Å². The molecule has 1 fully saturated rings. The van der Waals surface area contributed by atoms with Crippen LogP contribution < -0.4 is 5.73 Å². The van der Waals surface area contributed by atoms with Crippen LogP contribution in [0, 0.1) is 11.8 Å². The molecule has 2 N–H and O–H groups in total. The average molecular weight is 226 g/mol. The molecule has 1 saturated heterocycles. The summed E-state index contributed by atoms with van der Waals surface area (Å²) in [7, 11) is 0. The molecule has 94 valence electrons. The zero-order valence-electron chi connectivity index (χ0n) is 10.7. The number of carbonyl (C=O) groups excluding carboxylic acids is 1. The molecule has 16 heavy (non-hydrogen) atoms. The second kappa shape index (κ2) is 6.89.